The third kappa shape index (κ3) is 3.01. The topological polar surface area (TPSA) is 24.5 Å². The first kappa shape index (κ1) is 13.3. The molecule has 3 heteroatoms. The van der Waals surface area contributed by atoms with Crippen molar-refractivity contribution in [1.82, 2.24) is 10.2 Å². The van der Waals surface area contributed by atoms with E-state index in [0.717, 1.165) is 37.6 Å². The van der Waals surface area contributed by atoms with Gasteiger partial charge in [-0.3, -0.25) is 0 Å². The van der Waals surface area contributed by atoms with Gasteiger partial charge < -0.3 is 15.0 Å². The van der Waals surface area contributed by atoms with Crippen LogP contribution in [0.25, 0.3) is 0 Å². The predicted molar refractivity (Wildman–Crippen MR) is 71.3 cm³/mol. The smallest absolute Gasteiger partial charge is 0.0622 e. The van der Waals surface area contributed by atoms with Gasteiger partial charge in [0.1, 0.15) is 0 Å². The van der Waals surface area contributed by atoms with E-state index < -0.39 is 0 Å². The van der Waals surface area contributed by atoms with Crippen molar-refractivity contribution in [3.05, 3.63) is 0 Å². The Kier molecular flexibility index (Phi) is 4.83. The fourth-order valence-electron chi connectivity index (χ4n) is 3.59. The lowest BCUT2D eigenvalue weighted by Gasteiger charge is -2.39. The molecule has 0 radical (unpaired) electrons. The highest BCUT2D eigenvalue weighted by Gasteiger charge is 2.40. The molecule has 2 fully saturated rings. The number of nitrogens with one attached hydrogen (secondary N) is 1. The van der Waals surface area contributed by atoms with Crippen molar-refractivity contribution < 1.29 is 4.74 Å². The van der Waals surface area contributed by atoms with Crippen LogP contribution in [0.5, 0.6) is 0 Å². The minimum Gasteiger partial charge on any atom is -0.380 e. The highest BCUT2D eigenvalue weighted by Crippen LogP contribution is 2.38. The number of likely N-dealkylation sites (N-methyl/N-ethyl adjacent to an activating group) is 1. The first-order valence-corrected chi connectivity index (χ1v) is 7.23. The summed E-state index contributed by atoms with van der Waals surface area (Å²) < 4.78 is 5.73. The average molecular weight is 240 g/mol. The first-order chi connectivity index (χ1) is 8.26. The van der Waals surface area contributed by atoms with Gasteiger partial charge >= 0.3 is 0 Å². The lowest BCUT2D eigenvalue weighted by molar-refractivity contribution is 0.0591. The molecule has 2 rings (SSSR count). The van der Waals surface area contributed by atoms with E-state index in [2.05, 4.69) is 31.2 Å². The Labute approximate surface area is 106 Å². The number of ether oxygens (including phenoxy) is 1. The summed E-state index contributed by atoms with van der Waals surface area (Å²) in [5.41, 5.74) is 0. The summed E-state index contributed by atoms with van der Waals surface area (Å²) in [5, 5.41) is 3.47. The molecule has 2 aliphatic rings. The molecule has 1 N–H and O–H groups in total. The van der Waals surface area contributed by atoms with Crippen LogP contribution in [0.2, 0.25) is 0 Å². The largest absolute Gasteiger partial charge is 0.380 e. The summed E-state index contributed by atoms with van der Waals surface area (Å²) in [6.45, 7) is 3.96. The van der Waals surface area contributed by atoms with Crippen LogP contribution in [0.3, 0.4) is 0 Å². The molecular weight excluding hydrogens is 212 g/mol. The molecule has 2 aliphatic heterocycles. The molecular formula is C14H28N2O. The normalized spacial score (nSPS) is 35.1. The van der Waals surface area contributed by atoms with Crippen molar-refractivity contribution in [2.75, 3.05) is 27.3 Å². The number of fused-ring (bicyclic) bond motifs is 2. The lowest BCUT2D eigenvalue weighted by Crippen LogP contribution is -2.47. The van der Waals surface area contributed by atoms with E-state index in [1.807, 2.05) is 0 Å². The van der Waals surface area contributed by atoms with Crippen LogP contribution in [0.15, 0.2) is 0 Å². The standard InChI is InChI=1S/C14H28N2O/c1-4-7-17-10-14(15-2)11-8-12-5-6-13(9-11)16(12)3/h11-15H,4-10H2,1-3H3. The molecule has 0 aromatic carbocycles. The maximum absolute atomic E-state index is 5.73. The molecule has 2 heterocycles. The van der Waals surface area contributed by atoms with Crippen LogP contribution < -0.4 is 5.32 Å². The molecule has 0 aliphatic carbocycles. The zero-order valence-electron chi connectivity index (χ0n) is 11.6. The molecule has 3 nitrogen and oxygen atoms in total. The number of nitrogens with zero attached hydrogens (tertiary/aromatic N) is 1. The molecule has 0 aromatic heterocycles. The van der Waals surface area contributed by atoms with E-state index in [-0.39, 0.29) is 0 Å². The van der Waals surface area contributed by atoms with Crippen LogP contribution in [0.1, 0.15) is 39.0 Å². The Morgan fingerprint density at radius 2 is 1.94 bits per heavy atom. The predicted octanol–water partition coefficient (Wildman–Crippen LogP) is 1.87. The first-order valence-electron chi connectivity index (χ1n) is 7.23. The fraction of sp³-hybridized carbons (Fsp3) is 1.00. The summed E-state index contributed by atoms with van der Waals surface area (Å²) in [4.78, 5) is 2.61. The number of piperidine rings is 1. The molecule has 100 valence electrons. The number of rotatable bonds is 6. The second-order valence-corrected chi connectivity index (χ2v) is 5.75. The van der Waals surface area contributed by atoms with E-state index in [0.29, 0.717) is 6.04 Å². The summed E-state index contributed by atoms with van der Waals surface area (Å²) >= 11 is 0. The summed E-state index contributed by atoms with van der Waals surface area (Å²) in [7, 11) is 4.39. The molecule has 0 saturated carbocycles. The van der Waals surface area contributed by atoms with Crippen LogP contribution in [0, 0.1) is 5.92 Å². The Hall–Kier alpha value is -0.120. The van der Waals surface area contributed by atoms with E-state index in [4.69, 9.17) is 4.74 Å². The third-order valence-corrected chi connectivity index (χ3v) is 4.72. The fourth-order valence-corrected chi connectivity index (χ4v) is 3.59. The Morgan fingerprint density at radius 1 is 1.29 bits per heavy atom. The zero-order valence-corrected chi connectivity index (χ0v) is 11.6. The highest BCUT2D eigenvalue weighted by atomic mass is 16.5. The summed E-state index contributed by atoms with van der Waals surface area (Å²) in [5.74, 6) is 0.811. The van der Waals surface area contributed by atoms with Gasteiger partial charge in [0.05, 0.1) is 6.61 Å². The second-order valence-electron chi connectivity index (χ2n) is 5.75. The molecule has 3 unspecified atom stereocenters. The van der Waals surface area contributed by atoms with Crippen LogP contribution in [-0.2, 0) is 4.74 Å². The quantitative estimate of drug-likeness (QED) is 0.717. The molecule has 0 aromatic rings. The second kappa shape index (κ2) is 6.17. The molecule has 17 heavy (non-hydrogen) atoms. The van der Waals surface area contributed by atoms with Gasteiger partial charge in [-0.2, -0.15) is 0 Å². The van der Waals surface area contributed by atoms with Gasteiger partial charge in [0.15, 0.2) is 0 Å². The third-order valence-electron chi connectivity index (χ3n) is 4.72. The molecule has 0 spiro atoms. The number of hydrogen-bond donors (Lipinski definition) is 1. The highest BCUT2D eigenvalue weighted by molar-refractivity contribution is 4.96. The zero-order chi connectivity index (χ0) is 12.3. The molecule has 2 bridgehead atoms. The van der Waals surface area contributed by atoms with Gasteiger partial charge in [-0.25, -0.2) is 0 Å². The van der Waals surface area contributed by atoms with E-state index in [1.165, 1.54) is 25.7 Å². The van der Waals surface area contributed by atoms with E-state index in [1.54, 1.807) is 0 Å². The minimum atomic E-state index is 0.554. The van der Waals surface area contributed by atoms with Gasteiger partial charge in [0, 0.05) is 24.7 Å². The van der Waals surface area contributed by atoms with Crippen molar-refractivity contribution in [3.8, 4) is 0 Å². The van der Waals surface area contributed by atoms with Crippen molar-refractivity contribution in [1.29, 1.82) is 0 Å². The van der Waals surface area contributed by atoms with Crippen LogP contribution in [0.4, 0.5) is 0 Å². The maximum Gasteiger partial charge on any atom is 0.0622 e. The van der Waals surface area contributed by atoms with E-state index >= 15 is 0 Å². The minimum absolute atomic E-state index is 0.554. The molecule has 2 saturated heterocycles. The van der Waals surface area contributed by atoms with Gasteiger partial charge in [-0.1, -0.05) is 6.92 Å². The van der Waals surface area contributed by atoms with Crippen molar-refractivity contribution in [2.45, 2.75) is 57.2 Å². The SMILES string of the molecule is CCCOCC(NC)C1CC2CCC(C1)N2C. The number of hydrogen-bond acceptors (Lipinski definition) is 3. The molecule has 0 amide bonds. The Bertz CT molecular complexity index is 220. The van der Waals surface area contributed by atoms with Gasteiger partial charge in [0.25, 0.3) is 0 Å². The van der Waals surface area contributed by atoms with Gasteiger partial charge in [-0.05, 0) is 52.1 Å². The van der Waals surface area contributed by atoms with Crippen LogP contribution >= 0.6 is 0 Å². The van der Waals surface area contributed by atoms with E-state index in [9.17, 15) is 0 Å². The summed E-state index contributed by atoms with van der Waals surface area (Å²) in [6, 6.07) is 2.22. The lowest BCUT2D eigenvalue weighted by atomic mass is 9.85. The van der Waals surface area contributed by atoms with Crippen molar-refractivity contribution >= 4 is 0 Å². The van der Waals surface area contributed by atoms with Gasteiger partial charge in [0.2, 0.25) is 0 Å². The van der Waals surface area contributed by atoms with Crippen molar-refractivity contribution in [2.24, 2.45) is 5.92 Å². The average Bonchev–Trinajstić information content (AvgIpc) is 2.56. The van der Waals surface area contributed by atoms with Crippen molar-refractivity contribution in [3.63, 3.8) is 0 Å². The maximum atomic E-state index is 5.73. The molecule has 3 atom stereocenters. The summed E-state index contributed by atoms with van der Waals surface area (Å²) in [6.07, 6.45) is 6.64. The monoisotopic (exact) mass is 240 g/mol. The Balaban J connectivity index is 1.84. The Morgan fingerprint density at radius 3 is 2.47 bits per heavy atom. The van der Waals surface area contributed by atoms with Crippen LogP contribution in [-0.4, -0.2) is 50.3 Å². The van der Waals surface area contributed by atoms with Gasteiger partial charge in [-0.15, -0.1) is 0 Å².